The van der Waals surface area contributed by atoms with Gasteiger partial charge in [-0.2, -0.15) is 0 Å². The summed E-state index contributed by atoms with van der Waals surface area (Å²) in [6, 6.07) is 5.48. The Bertz CT molecular complexity index is 504. The van der Waals surface area contributed by atoms with Crippen LogP contribution in [0.15, 0.2) is 22.7 Å². The highest BCUT2D eigenvalue weighted by Crippen LogP contribution is 2.28. The SMILES string of the molecule is COc1cc(Br)ccc1C(C)NC(=O)CCCCC(=O)O. The molecule has 116 valence electrons. The van der Waals surface area contributed by atoms with Gasteiger partial charge in [0.15, 0.2) is 0 Å². The summed E-state index contributed by atoms with van der Waals surface area (Å²) in [5, 5.41) is 11.4. The Hall–Kier alpha value is -1.56. The zero-order valence-electron chi connectivity index (χ0n) is 12.2. The predicted octanol–water partition coefficient (Wildman–Crippen LogP) is 3.28. The Morgan fingerprint density at radius 3 is 2.62 bits per heavy atom. The fraction of sp³-hybridized carbons (Fsp3) is 0.467. The first-order chi connectivity index (χ1) is 9.93. The molecule has 0 bridgehead atoms. The molecule has 0 heterocycles. The molecule has 1 atom stereocenters. The lowest BCUT2D eigenvalue weighted by Crippen LogP contribution is -2.26. The highest BCUT2D eigenvalue weighted by Gasteiger charge is 2.14. The number of halogens is 1. The van der Waals surface area contributed by atoms with Gasteiger partial charge in [0.1, 0.15) is 5.75 Å². The second-order valence-corrected chi connectivity index (χ2v) is 5.69. The van der Waals surface area contributed by atoms with Gasteiger partial charge in [-0.1, -0.05) is 22.0 Å². The van der Waals surface area contributed by atoms with Crippen LogP contribution >= 0.6 is 15.9 Å². The number of aliphatic carboxylic acids is 1. The van der Waals surface area contributed by atoms with E-state index in [0.29, 0.717) is 25.0 Å². The molecule has 1 aromatic rings. The fourth-order valence-electron chi connectivity index (χ4n) is 2.00. The van der Waals surface area contributed by atoms with E-state index in [1.165, 1.54) is 0 Å². The molecule has 0 saturated carbocycles. The zero-order chi connectivity index (χ0) is 15.8. The van der Waals surface area contributed by atoms with Crippen molar-refractivity contribution in [1.29, 1.82) is 0 Å². The van der Waals surface area contributed by atoms with Gasteiger partial charge >= 0.3 is 5.97 Å². The van der Waals surface area contributed by atoms with Crippen molar-refractivity contribution in [2.75, 3.05) is 7.11 Å². The Labute approximate surface area is 132 Å². The number of hydrogen-bond acceptors (Lipinski definition) is 3. The van der Waals surface area contributed by atoms with Gasteiger partial charge in [0.05, 0.1) is 13.2 Å². The topological polar surface area (TPSA) is 75.6 Å². The first kappa shape index (κ1) is 17.5. The number of carbonyl (C=O) groups excluding carboxylic acids is 1. The monoisotopic (exact) mass is 357 g/mol. The smallest absolute Gasteiger partial charge is 0.303 e. The number of methoxy groups -OCH3 is 1. The molecule has 1 rings (SSSR count). The number of carbonyl (C=O) groups is 2. The molecule has 5 nitrogen and oxygen atoms in total. The van der Waals surface area contributed by atoms with Crippen LogP contribution in [0.1, 0.15) is 44.2 Å². The Morgan fingerprint density at radius 1 is 1.33 bits per heavy atom. The van der Waals surface area contributed by atoms with E-state index < -0.39 is 5.97 Å². The number of benzene rings is 1. The number of ether oxygens (including phenoxy) is 1. The molecular weight excluding hydrogens is 338 g/mol. The summed E-state index contributed by atoms with van der Waals surface area (Å²) < 4.78 is 6.22. The predicted molar refractivity (Wildman–Crippen MR) is 83.4 cm³/mol. The average molecular weight is 358 g/mol. The molecule has 1 unspecified atom stereocenters. The van der Waals surface area contributed by atoms with Crippen molar-refractivity contribution in [1.82, 2.24) is 5.32 Å². The summed E-state index contributed by atoms with van der Waals surface area (Å²) in [5.74, 6) is -0.204. The average Bonchev–Trinajstić information content (AvgIpc) is 2.43. The molecule has 0 fully saturated rings. The first-order valence-electron chi connectivity index (χ1n) is 6.78. The van der Waals surface area contributed by atoms with Crippen LogP contribution in [0.5, 0.6) is 5.75 Å². The quantitative estimate of drug-likeness (QED) is 0.700. The van der Waals surface area contributed by atoms with E-state index in [1.807, 2.05) is 25.1 Å². The van der Waals surface area contributed by atoms with Crippen molar-refractivity contribution >= 4 is 27.8 Å². The van der Waals surface area contributed by atoms with Crippen molar-refractivity contribution in [3.05, 3.63) is 28.2 Å². The molecule has 0 aliphatic heterocycles. The minimum absolute atomic E-state index is 0.0853. The Balaban J connectivity index is 2.50. The van der Waals surface area contributed by atoms with Crippen molar-refractivity contribution < 1.29 is 19.4 Å². The molecule has 0 radical (unpaired) electrons. The maximum absolute atomic E-state index is 11.8. The molecule has 0 aromatic heterocycles. The van der Waals surface area contributed by atoms with Crippen LogP contribution in [0, 0.1) is 0 Å². The molecule has 0 aliphatic rings. The van der Waals surface area contributed by atoms with Crippen LogP contribution < -0.4 is 10.1 Å². The minimum atomic E-state index is -0.830. The molecule has 2 N–H and O–H groups in total. The van der Waals surface area contributed by atoms with Gasteiger partial charge in [-0.05, 0) is 31.9 Å². The number of carboxylic acids is 1. The number of nitrogens with one attached hydrogen (secondary N) is 1. The van der Waals surface area contributed by atoms with Crippen LogP contribution in [-0.4, -0.2) is 24.1 Å². The lowest BCUT2D eigenvalue weighted by atomic mass is 10.1. The van der Waals surface area contributed by atoms with Crippen molar-refractivity contribution in [2.24, 2.45) is 0 Å². The highest BCUT2D eigenvalue weighted by atomic mass is 79.9. The van der Waals surface area contributed by atoms with Crippen LogP contribution in [-0.2, 0) is 9.59 Å². The summed E-state index contributed by atoms with van der Waals surface area (Å²) in [5.41, 5.74) is 0.902. The fourth-order valence-corrected chi connectivity index (χ4v) is 2.34. The van der Waals surface area contributed by atoms with E-state index in [2.05, 4.69) is 21.2 Å². The summed E-state index contributed by atoms with van der Waals surface area (Å²) >= 11 is 3.38. The van der Waals surface area contributed by atoms with Crippen LogP contribution in [0.4, 0.5) is 0 Å². The van der Waals surface area contributed by atoms with E-state index in [9.17, 15) is 9.59 Å². The molecule has 0 saturated heterocycles. The maximum Gasteiger partial charge on any atom is 0.303 e. The number of rotatable bonds is 8. The van der Waals surface area contributed by atoms with E-state index in [1.54, 1.807) is 7.11 Å². The normalized spacial score (nSPS) is 11.8. The van der Waals surface area contributed by atoms with Gasteiger partial charge in [-0.15, -0.1) is 0 Å². The van der Waals surface area contributed by atoms with Gasteiger partial charge in [0.25, 0.3) is 0 Å². The zero-order valence-corrected chi connectivity index (χ0v) is 13.8. The maximum atomic E-state index is 11.8. The summed E-state index contributed by atoms with van der Waals surface area (Å²) in [7, 11) is 1.59. The Morgan fingerprint density at radius 2 is 2.00 bits per heavy atom. The van der Waals surface area contributed by atoms with Crippen LogP contribution in [0.25, 0.3) is 0 Å². The highest BCUT2D eigenvalue weighted by molar-refractivity contribution is 9.10. The minimum Gasteiger partial charge on any atom is -0.496 e. The molecule has 0 aliphatic carbocycles. The number of hydrogen-bond donors (Lipinski definition) is 2. The van der Waals surface area contributed by atoms with E-state index in [-0.39, 0.29) is 18.4 Å². The van der Waals surface area contributed by atoms with Gasteiger partial charge in [-0.25, -0.2) is 0 Å². The number of carboxylic acid groups (broad SMARTS) is 1. The van der Waals surface area contributed by atoms with Crippen molar-refractivity contribution in [3.8, 4) is 5.75 Å². The lowest BCUT2D eigenvalue weighted by molar-refractivity contribution is -0.137. The van der Waals surface area contributed by atoms with E-state index in [0.717, 1.165) is 10.0 Å². The molecular formula is C15H20BrNO4. The van der Waals surface area contributed by atoms with Gasteiger partial charge in [-0.3, -0.25) is 9.59 Å². The molecule has 1 amide bonds. The van der Waals surface area contributed by atoms with Gasteiger partial charge in [0.2, 0.25) is 5.91 Å². The summed E-state index contributed by atoms with van der Waals surface area (Å²) in [6.45, 7) is 1.89. The van der Waals surface area contributed by atoms with Crippen molar-refractivity contribution in [3.63, 3.8) is 0 Å². The van der Waals surface area contributed by atoms with Crippen molar-refractivity contribution in [2.45, 2.75) is 38.6 Å². The molecule has 0 spiro atoms. The first-order valence-corrected chi connectivity index (χ1v) is 7.58. The standard InChI is InChI=1S/C15H20BrNO4/c1-10(12-8-7-11(16)9-13(12)21-2)17-14(18)5-3-4-6-15(19)20/h7-10H,3-6H2,1-2H3,(H,17,18)(H,19,20). The molecule has 21 heavy (non-hydrogen) atoms. The number of amides is 1. The number of unbranched alkanes of at least 4 members (excludes halogenated alkanes) is 1. The second kappa shape index (κ2) is 8.67. The van der Waals surface area contributed by atoms with E-state index >= 15 is 0 Å². The largest absolute Gasteiger partial charge is 0.496 e. The third-order valence-corrected chi connectivity index (χ3v) is 3.58. The molecule has 1 aromatic carbocycles. The van der Waals surface area contributed by atoms with Gasteiger partial charge in [0, 0.05) is 22.9 Å². The summed E-state index contributed by atoms with van der Waals surface area (Å²) in [4.78, 5) is 22.2. The van der Waals surface area contributed by atoms with Crippen LogP contribution in [0.3, 0.4) is 0 Å². The lowest BCUT2D eigenvalue weighted by Gasteiger charge is -2.17. The summed E-state index contributed by atoms with van der Waals surface area (Å²) in [6.07, 6.45) is 1.51. The third-order valence-electron chi connectivity index (χ3n) is 3.08. The van der Waals surface area contributed by atoms with E-state index in [4.69, 9.17) is 9.84 Å². The van der Waals surface area contributed by atoms with Gasteiger partial charge < -0.3 is 15.2 Å². The third kappa shape index (κ3) is 6.16. The second-order valence-electron chi connectivity index (χ2n) is 4.78. The Kier molecular flexibility index (Phi) is 7.22. The molecule has 6 heteroatoms. The van der Waals surface area contributed by atoms with Crippen LogP contribution in [0.2, 0.25) is 0 Å².